The first-order valence-corrected chi connectivity index (χ1v) is 6.36. The lowest BCUT2D eigenvalue weighted by Gasteiger charge is -2.20. The lowest BCUT2D eigenvalue weighted by Crippen LogP contribution is -2.24. The number of benzene rings is 1. The van der Waals surface area contributed by atoms with Crippen LogP contribution in [-0.2, 0) is 4.74 Å². The first-order valence-electron chi connectivity index (χ1n) is 4.48. The van der Waals surface area contributed by atoms with E-state index in [4.69, 9.17) is 4.74 Å². The van der Waals surface area contributed by atoms with Crippen LogP contribution in [0.2, 0.25) is 0 Å². The summed E-state index contributed by atoms with van der Waals surface area (Å²) in [5, 5.41) is 0. The van der Waals surface area contributed by atoms with Crippen LogP contribution >= 0.6 is 38.5 Å². The van der Waals surface area contributed by atoms with E-state index in [2.05, 4.69) is 38.5 Å². The molecule has 1 aromatic carbocycles. The molecule has 0 fully saturated rings. The third kappa shape index (κ3) is 3.75. The normalized spacial score (nSPS) is 11.3. The van der Waals surface area contributed by atoms with Gasteiger partial charge in [0.15, 0.2) is 0 Å². The van der Waals surface area contributed by atoms with Crippen LogP contribution in [0.3, 0.4) is 0 Å². The van der Waals surface area contributed by atoms with Gasteiger partial charge >= 0.3 is 5.97 Å². The Balaban J connectivity index is 2.97. The Morgan fingerprint density at radius 2 is 2.00 bits per heavy atom. The van der Waals surface area contributed by atoms with Crippen molar-refractivity contribution in [2.75, 3.05) is 0 Å². The summed E-state index contributed by atoms with van der Waals surface area (Å²) in [7, 11) is 0. The van der Waals surface area contributed by atoms with Gasteiger partial charge in [-0.3, -0.25) is 0 Å². The summed E-state index contributed by atoms with van der Waals surface area (Å²) < 4.78 is 7.08. The molecule has 0 radical (unpaired) electrons. The predicted octanol–water partition coefficient (Wildman–Crippen LogP) is 4.01. The van der Waals surface area contributed by atoms with E-state index < -0.39 is 5.60 Å². The zero-order chi connectivity index (χ0) is 11.6. The highest BCUT2D eigenvalue weighted by molar-refractivity contribution is 14.1. The van der Waals surface area contributed by atoms with Gasteiger partial charge in [0, 0.05) is 8.04 Å². The minimum Gasteiger partial charge on any atom is -0.456 e. The molecule has 0 aliphatic heterocycles. The number of ether oxygens (including phenoxy) is 1. The van der Waals surface area contributed by atoms with Gasteiger partial charge in [-0.15, -0.1) is 0 Å². The van der Waals surface area contributed by atoms with Crippen LogP contribution in [-0.4, -0.2) is 11.6 Å². The Morgan fingerprint density at radius 1 is 1.40 bits per heavy atom. The highest BCUT2D eigenvalue weighted by Crippen LogP contribution is 2.24. The first-order chi connectivity index (χ1) is 6.81. The van der Waals surface area contributed by atoms with E-state index in [1.54, 1.807) is 6.07 Å². The molecular weight excluding hydrogens is 371 g/mol. The third-order valence-electron chi connectivity index (χ3n) is 1.57. The highest BCUT2D eigenvalue weighted by Gasteiger charge is 2.20. The lowest BCUT2D eigenvalue weighted by atomic mass is 10.2. The predicted molar refractivity (Wildman–Crippen MR) is 72.0 cm³/mol. The summed E-state index contributed by atoms with van der Waals surface area (Å²) in [5.41, 5.74) is 0.141. The molecule has 0 aromatic heterocycles. The molecule has 0 aliphatic carbocycles. The number of hydrogen-bond acceptors (Lipinski definition) is 2. The van der Waals surface area contributed by atoms with Gasteiger partial charge in [-0.1, -0.05) is 6.07 Å². The van der Waals surface area contributed by atoms with E-state index >= 15 is 0 Å². The van der Waals surface area contributed by atoms with Crippen molar-refractivity contribution in [2.24, 2.45) is 0 Å². The molecule has 0 bridgehead atoms. The standard InChI is InChI=1S/C11H12BrIO2/c1-11(2,3)15-10(14)7-5-4-6-8(12)9(7)13/h4-6H,1-3H3. The molecule has 0 heterocycles. The lowest BCUT2D eigenvalue weighted by molar-refractivity contribution is 0.00682. The number of carbonyl (C=O) groups is 1. The fraction of sp³-hybridized carbons (Fsp3) is 0.364. The van der Waals surface area contributed by atoms with Crippen LogP contribution in [0, 0.1) is 3.57 Å². The van der Waals surface area contributed by atoms with Gasteiger partial charge in [-0.05, 0) is 71.4 Å². The van der Waals surface area contributed by atoms with Crippen LogP contribution in [0.15, 0.2) is 22.7 Å². The number of hydrogen-bond donors (Lipinski definition) is 0. The maximum Gasteiger partial charge on any atom is 0.339 e. The van der Waals surface area contributed by atoms with Crippen molar-refractivity contribution in [2.45, 2.75) is 26.4 Å². The van der Waals surface area contributed by atoms with E-state index in [0.717, 1.165) is 8.04 Å². The zero-order valence-corrected chi connectivity index (χ0v) is 12.5. The zero-order valence-electron chi connectivity index (χ0n) is 8.80. The van der Waals surface area contributed by atoms with Gasteiger partial charge < -0.3 is 4.74 Å². The minimum absolute atomic E-state index is 0.284. The van der Waals surface area contributed by atoms with E-state index in [-0.39, 0.29) is 5.97 Å². The Labute approximate surface area is 112 Å². The number of halogens is 2. The number of esters is 1. The molecule has 0 unspecified atom stereocenters. The molecule has 82 valence electrons. The number of carbonyl (C=O) groups excluding carboxylic acids is 1. The molecule has 0 saturated carbocycles. The average molecular weight is 383 g/mol. The molecule has 0 aliphatic rings. The SMILES string of the molecule is CC(C)(C)OC(=O)c1cccc(Br)c1I. The topological polar surface area (TPSA) is 26.3 Å². The van der Waals surface area contributed by atoms with Crippen molar-refractivity contribution in [3.05, 3.63) is 31.8 Å². The molecular formula is C11H12BrIO2. The second kappa shape index (κ2) is 4.82. The molecule has 1 aromatic rings. The van der Waals surface area contributed by atoms with E-state index in [0.29, 0.717) is 5.56 Å². The van der Waals surface area contributed by atoms with Crippen molar-refractivity contribution >= 4 is 44.5 Å². The van der Waals surface area contributed by atoms with Gasteiger partial charge in [0.1, 0.15) is 5.60 Å². The van der Waals surface area contributed by atoms with E-state index in [9.17, 15) is 4.79 Å². The maximum atomic E-state index is 11.8. The second-order valence-corrected chi connectivity index (χ2v) is 6.04. The minimum atomic E-state index is -0.456. The van der Waals surface area contributed by atoms with Crippen LogP contribution in [0.4, 0.5) is 0 Å². The van der Waals surface area contributed by atoms with Crippen molar-refractivity contribution < 1.29 is 9.53 Å². The fourth-order valence-electron chi connectivity index (χ4n) is 0.995. The molecule has 0 atom stereocenters. The molecule has 0 saturated heterocycles. The largest absolute Gasteiger partial charge is 0.456 e. The molecule has 4 heteroatoms. The molecule has 0 spiro atoms. The summed E-state index contributed by atoms with van der Waals surface area (Å²) in [6, 6.07) is 5.49. The Kier molecular flexibility index (Phi) is 4.17. The van der Waals surface area contributed by atoms with Gasteiger partial charge in [-0.2, -0.15) is 0 Å². The summed E-state index contributed by atoms with van der Waals surface area (Å²) in [4.78, 5) is 11.8. The summed E-state index contributed by atoms with van der Waals surface area (Å²) in [5.74, 6) is -0.284. The van der Waals surface area contributed by atoms with E-state index in [1.165, 1.54) is 0 Å². The Bertz CT molecular complexity index is 383. The first kappa shape index (κ1) is 13.0. The van der Waals surface area contributed by atoms with Crippen LogP contribution in [0.25, 0.3) is 0 Å². The smallest absolute Gasteiger partial charge is 0.339 e. The van der Waals surface area contributed by atoms with Gasteiger partial charge in [0.25, 0.3) is 0 Å². The van der Waals surface area contributed by atoms with Crippen LogP contribution in [0.1, 0.15) is 31.1 Å². The fourth-order valence-corrected chi connectivity index (χ4v) is 1.94. The Morgan fingerprint density at radius 3 is 2.53 bits per heavy atom. The second-order valence-electron chi connectivity index (χ2n) is 4.10. The number of rotatable bonds is 1. The van der Waals surface area contributed by atoms with Gasteiger partial charge in [0.2, 0.25) is 0 Å². The van der Waals surface area contributed by atoms with Crippen molar-refractivity contribution in [3.8, 4) is 0 Å². The molecule has 15 heavy (non-hydrogen) atoms. The molecule has 0 N–H and O–H groups in total. The Hall–Kier alpha value is -0.100. The average Bonchev–Trinajstić information content (AvgIpc) is 2.06. The van der Waals surface area contributed by atoms with Crippen LogP contribution < -0.4 is 0 Å². The molecule has 0 amide bonds. The van der Waals surface area contributed by atoms with Crippen molar-refractivity contribution in [1.82, 2.24) is 0 Å². The van der Waals surface area contributed by atoms with Crippen LogP contribution in [0.5, 0.6) is 0 Å². The highest BCUT2D eigenvalue weighted by atomic mass is 127. The molecule has 1 rings (SSSR count). The van der Waals surface area contributed by atoms with E-state index in [1.807, 2.05) is 32.9 Å². The summed E-state index contributed by atoms with van der Waals surface area (Å²) in [6.07, 6.45) is 0. The van der Waals surface area contributed by atoms with Gasteiger partial charge in [0.05, 0.1) is 5.56 Å². The molecule has 2 nitrogen and oxygen atoms in total. The quantitative estimate of drug-likeness (QED) is 0.541. The summed E-state index contributed by atoms with van der Waals surface area (Å²) in [6.45, 7) is 5.57. The van der Waals surface area contributed by atoms with Crippen molar-refractivity contribution in [1.29, 1.82) is 0 Å². The van der Waals surface area contributed by atoms with Crippen molar-refractivity contribution in [3.63, 3.8) is 0 Å². The monoisotopic (exact) mass is 382 g/mol. The van der Waals surface area contributed by atoms with Gasteiger partial charge in [-0.25, -0.2) is 4.79 Å². The maximum absolute atomic E-state index is 11.8. The third-order valence-corrected chi connectivity index (χ3v) is 4.13. The summed E-state index contributed by atoms with van der Waals surface area (Å²) >= 11 is 5.50.